The third kappa shape index (κ3) is 2.19. The van der Waals surface area contributed by atoms with Gasteiger partial charge in [0.25, 0.3) is 5.56 Å². The van der Waals surface area contributed by atoms with Crippen molar-refractivity contribution in [3.05, 3.63) is 51.3 Å². The smallest absolute Gasteiger partial charge is 0.266 e. The van der Waals surface area contributed by atoms with Gasteiger partial charge in [0.2, 0.25) is 0 Å². The molecule has 4 nitrogen and oxygen atoms in total. The normalized spacial score (nSPS) is 10.7. The summed E-state index contributed by atoms with van der Waals surface area (Å²) in [7, 11) is 1.65. The van der Waals surface area contributed by atoms with Crippen LogP contribution in [0.25, 0.3) is 11.3 Å². The van der Waals surface area contributed by atoms with Crippen LogP contribution in [0.5, 0.6) is 0 Å². The zero-order valence-corrected chi connectivity index (χ0v) is 10.9. The number of benzene rings is 1. The van der Waals surface area contributed by atoms with Crippen LogP contribution >= 0.6 is 0 Å². The molecule has 1 heterocycles. The molecular weight excluding hydrogens is 226 g/mol. The number of hydrogen-bond donors (Lipinski definition) is 1. The average Bonchev–Trinajstić information content (AvgIpc) is 2.35. The predicted octanol–water partition coefficient (Wildman–Crippen LogP) is 1.52. The molecule has 0 fully saturated rings. The topological polar surface area (TPSA) is 60.9 Å². The van der Waals surface area contributed by atoms with Gasteiger partial charge in [0, 0.05) is 25.2 Å². The van der Waals surface area contributed by atoms with Gasteiger partial charge < -0.3 is 5.73 Å². The Morgan fingerprint density at radius 2 is 2.00 bits per heavy atom. The lowest BCUT2D eigenvalue weighted by atomic mass is 9.99. The van der Waals surface area contributed by atoms with Crippen molar-refractivity contribution >= 4 is 0 Å². The van der Waals surface area contributed by atoms with E-state index in [1.54, 1.807) is 13.1 Å². The minimum absolute atomic E-state index is 0.135. The second-order valence-electron chi connectivity index (χ2n) is 4.50. The zero-order valence-electron chi connectivity index (χ0n) is 10.9. The van der Waals surface area contributed by atoms with E-state index in [0.717, 1.165) is 27.9 Å². The first-order valence-corrected chi connectivity index (χ1v) is 5.88. The summed E-state index contributed by atoms with van der Waals surface area (Å²) in [4.78, 5) is 11.6. The highest BCUT2D eigenvalue weighted by Gasteiger charge is 2.11. The Morgan fingerprint density at radius 3 is 2.67 bits per heavy atom. The molecule has 0 saturated heterocycles. The predicted molar refractivity (Wildman–Crippen MR) is 72.3 cm³/mol. The number of aryl methyl sites for hydroxylation is 3. The van der Waals surface area contributed by atoms with Crippen molar-refractivity contribution in [2.24, 2.45) is 12.8 Å². The Morgan fingerprint density at radius 1 is 1.28 bits per heavy atom. The molecule has 1 aromatic carbocycles. The molecule has 2 N–H and O–H groups in total. The summed E-state index contributed by atoms with van der Waals surface area (Å²) in [5, 5.41) is 4.34. The van der Waals surface area contributed by atoms with Crippen LogP contribution in [0.1, 0.15) is 16.7 Å². The molecule has 1 aromatic heterocycles. The lowest BCUT2D eigenvalue weighted by Crippen LogP contribution is -2.21. The van der Waals surface area contributed by atoms with E-state index in [1.165, 1.54) is 4.68 Å². The van der Waals surface area contributed by atoms with Crippen LogP contribution < -0.4 is 11.3 Å². The van der Waals surface area contributed by atoms with Crippen molar-refractivity contribution in [3.63, 3.8) is 0 Å². The molecule has 94 valence electrons. The molecule has 0 saturated carbocycles. The molecular formula is C14H17N3O. The van der Waals surface area contributed by atoms with Gasteiger partial charge in [-0.2, -0.15) is 5.10 Å². The molecule has 18 heavy (non-hydrogen) atoms. The van der Waals surface area contributed by atoms with Crippen molar-refractivity contribution in [1.29, 1.82) is 0 Å². The first kappa shape index (κ1) is 12.5. The molecule has 0 aliphatic heterocycles. The number of aromatic nitrogens is 2. The number of hydrogen-bond acceptors (Lipinski definition) is 3. The van der Waals surface area contributed by atoms with Gasteiger partial charge in [0.15, 0.2) is 0 Å². The summed E-state index contributed by atoms with van der Waals surface area (Å²) < 4.78 is 1.34. The summed E-state index contributed by atoms with van der Waals surface area (Å²) in [6.45, 7) is 4.38. The van der Waals surface area contributed by atoms with Crippen molar-refractivity contribution in [3.8, 4) is 11.3 Å². The molecule has 2 rings (SSSR count). The van der Waals surface area contributed by atoms with Crippen molar-refractivity contribution < 1.29 is 0 Å². The number of nitrogens with two attached hydrogens (primary N) is 1. The van der Waals surface area contributed by atoms with Crippen LogP contribution in [0.15, 0.2) is 29.1 Å². The summed E-state index contributed by atoms with van der Waals surface area (Å²) in [5.74, 6) is 0. The Labute approximate surface area is 106 Å². The van der Waals surface area contributed by atoms with Crippen molar-refractivity contribution in [1.82, 2.24) is 9.78 Å². The summed E-state index contributed by atoms with van der Waals surface area (Å²) in [6, 6.07) is 7.74. The minimum atomic E-state index is -0.135. The second kappa shape index (κ2) is 4.74. The molecule has 4 heteroatoms. The minimum Gasteiger partial charge on any atom is -0.326 e. The van der Waals surface area contributed by atoms with E-state index in [-0.39, 0.29) is 5.56 Å². The SMILES string of the molecule is Cc1ccc(C)c(-c2nn(C)c(=O)cc2CN)c1. The zero-order chi connectivity index (χ0) is 13.3. The molecule has 0 spiro atoms. The van der Waals surface area contributed by atoms with Crippen LogP contribution in [0.2, 0.25) is 0 Å². The Bertz CT molecular complexity index is 644. The third-order valence-corrected chi connectivity index (χ3v) is 3.04. The van der Waals surface area contributed by atoms with Crippen LogP contribution in [0.4, 0.5) is 0 Å². The Kier molecular flexibility index (Phi) is 3.30. The molecule has 0 atom stereocenters. The number of rotatable bonds is 2. The fraction of sp³-hybridized carbons (Fsp3) is 0.286. The molecule has 2 aromatic rings. The molecule has 0 amide bonds. The van der Waals surface area contributed by atoms with Gasteiger partial charge in [-0.1, -0.05) is 17.7 Å². The first-order chi connectivity index (χ1) is 8.52. The summed E-state index contributed by atoms with van der Waals surface area (Å²) >= 11 is 0. The van der Waals surface area contributed by atoms with Crippen molar-refractivity contribution in [2.75, 3.05) is 0 Å². The van der Waals surface area contributed by atoms with Crippen LogP contribution in [-0.4, -0.2) is 9.78 Å². The fourth-order valence-corrected chi connectivity index (χ4v) is 1.95. The van der Waals surface area contributed by atoms with Gasteiger partial charge in [-0.05, 0) is 31.0 Å². The van der Waals surface area contributed by atoms with Gasteiger partial charge >= 0.3 is 0 Å². The van der Waals surface area contributed by atoms with E-state index in [4.69, 9.17) is 5.73 Å². The van der Waals surface area contributed by atoms with Crippen LogP contribution in [0.3, 0.4) is 0 Å². The maximum atomic E-state index is 11.6. The van der Waals surface area contributed by atoms with Gasteiger partial charge in [0.05, 0.1) is 5.69 Å². The standard InChI is InChI=1S/C14H17N3O/c1-9-4-5-10(2)12(6-9)14-11(8-15)7-13(18)17(3)16-14/h4-7H,8,15H2,1-3H3. The highest BCUT2D eigenvalue weighted by molar-refractivity contribution is 5.67. The molecule has 0 aliphatic carbocycles. The molecule has 0 radical (unpaired) electrons. The Hall–Kier alpha value is -1.94. The van der Waals surface area contributed by atoms with Gasteiger partial charge in [-0.15, -0.1) is 0 Å². The largest absolute Gasteiger partial charge is 0.326 e. The average molecular weight is 243 g/mol. The maximum absolute atomic E-state index is 11.6. The fourth-order valence-electron chi connectivity index (χ4n) is 1.95. The van der Waals surface area contributed by atoms with Crippen LogP contribution in [0, 0.1) is 13.8 Å². The lowest BCUT2D eigenvalue weighted by Gasteiger charge is -2.11. The van der Waals surface area contributed by atoms with Crippen molar-refractivity contribution in [2.45, 2.75) is 20.4 Å². The monoisotopic (exact) mass is 243 g/mol. The van der Waals surface area contributed by atoms with Crippen LogP contribution in [-0.2, 0) is 13.6 Å². The molecule has 0 unspecified atom stereocenters. The number of nitrogens with zero attached hydrogens (tertiary/aromatic N) is 2. The highest BCUT2D eigenvalue weighted by atomic mass is 16.1. The molecule has 0 aliphatic rings. The van der Waals surface area contributed by atoms with Gasteiger partial charge in [-0.25, -0.2) is 4.68 Å². The van der Waals surface area contributed by atoms with Gasteiger partial charge in [-0.3, -0.25) is 4.79 Å². The van der Waals surface area contributed by atoms with E-state index in [2.05, 4.69) is 23.3 Å². The first-order valence-electron chi connectivity index (χ1n) is 5.88. The van der Waals surface area contributed by atoms with E-state index < -0.39 is 0 Å². The lowest BCUT2D eigenvalue weighted by molar-refractivity contribution is 0.704. The highest BCUT2D eigenvalue weighted by Crippen LogP contribution is 2.24. The van der Waals surface area contributed by atoms with E-state index >= 15 is 0 Å². The second-order valence-corrected chi connectivity index (χ2v) is 4.50. The quantitative estimate of drug-likeness (QED) is 0.870. The van der Waals surface area contributed by atoms with Gasteiger partial charge in [0.1, 0.15) is 0 Å². The Balaban J connectivity index is 2.73. The maximum Gasteiger partial charge on any atom is 0.266 e. The third-order valence-electron chi connectivity index (χ3n) is 3.04. The molecule has 0 bridgehead atoms. The van der Waals surface area contributed by atoms with E-state index in [1.807, 2.05) is 13.8 Å². The summed E-state index contributed by atoms with van der Waals surface area (Å²) in [6.07, 6.45) is 0. The van der Waals surface area contributed by atoms with E-state index in [9.17, 15) is 4.79 Å². The van der Waals surface area contributed by atoms with E-state index in [0.29, 0.717) is 6.54 Å². The summed E-state index contributed by atoms with van der Waals surface area (Å²) in [5.41, 5.74) is 10.5.